The average molecular weight is 699 g/mol. The summed E-state index contributed by atoms with van der Waals surface area (Å²) in [5, 5.41) is 9.55. The van der Waals surface area contributed by atoms with E-state index in [4.69, 9.17) is 32.7 Å². The minimum atomic E-state index is -4.44. The van der Waals surface area contributed by atoms with Crippen molar-refractivity contribution in [3.05, 3.63) is 95.8 Å². The van der Waals surface area contributed by atoms with Crippen LogP contribution < -0.4 is 4.74 Å². The van der Waals surface area contributed by atoms with Crippen LogP contribution >= 0.6 is 55.1 Å². The molecule has 3 aromatic carbocycles. The molecule has 0 aliphatic heterocycles. The van der Waals surface area contributed by atoms with Crippen LogP contribution in [0.1, 0.15) is 48.1 Å². The van der Waals surface area contributed by atoms with Gasteiger partial charge in [-0.25, -0.2) is 4.79 Å². The Morgan fingerprint density at radius 2 is 1.63 bits per heavy atom. The predicted octanol–water partition coefficient (Wildman–Crippen LogP) is 9.67. The molecule has 0 spiro atoms. The minimum Gasteiger partial charge on any atom is -0.479 e. The first kappa shape index (κ1) is 30.8. The van der Waals surface area contributed by atoms with Gasteiger partial charge in [0.1, 0.15) is 10.8 Å². The lowest BCUT2D eigenvalue weighted by Crippen LogP contribution is -2.26. The first-order chi connectivity index (χ1) is 17.9. The van der Waals surface area contributed by atoms with Crippen molar-refractivity contribution in [1.82, 2.24) is 0 Å². The summed E-state index contributed by atoms with van der Waals surface area (Å²) in [6, 6.07) is 13.8. The first-order valence-electron chi connectivity index (χ1n) is 11.5. The number of carboxylic acid groups (broad SMARTS) is 1. The highest BCUT2D eigenvalue weighted by atomic mass is 79.9. The van der Waals surface area contributed by atoms with Crippen LogP contribution in [0, 0.1) is 0 Å². The van der Waals surface area contributed by atoms with E-state index in [1.54, 1.807) is 19.1 Å². The summed E-state index contributed by atoms with van der Waals surface area (Å²) in [6.07, 6.45) is -5.02. The minimum absolute atomic E-state index is 0.0925. The lowest BCUT2D eigenvalue weighted by Gasteiger charge is -2.21. The Bertz CT molecular complexity index is 1250. The zero-order valence-electron chi connectivity index (χ0n) is 20.0. The Labute approximate surface area is 245 Å². The summed E-state index contributed by atoms with van der Waals surface area (Å²) in [5.74, 6) is -0.955. The Balaban J connectivity index is 1.81. The molecule has 4 nitrogen and oxygen atoms in total. The quantitative estimate of drug-likeness (QED) is 0.217. The van der Waals surface area contributed by atoms with E-state index in [0.717, 1.165) is 26.6 Å². The number of carbonyl (C=O) groups is 1. The maximum atomic E-state index is 13.1. The smallest absolute Gasteiger partial charge is 0.416 e. The van der Waals surface area contributed by atoms with E-state index < -0.39 is 29.9 Å². The lowest BCUT2D eigenvalue weighted by molar-refractivity contribution is -0.145. The van der Waals surface area contributed by atoms with Gasteiger partial charge in [-0.3, -0.25) is 0 Å². The average Bonchev–Trinajstić information content (AvgIpc) is 2.84. The van der Waals surface area contributed by atoms with Crippen molar-refractivity contribution in [2.45, 2.75) is 51.2 Å². The summed E-state index contributed by atoms with van der Waals surface area (Å²) < 4.78 is 52.6. The van der Waals surface area contributed by atoms with Crippen molar-refractivity contribution in [1.29, 1.82) is 0 Å². The van der Waals surface area contributed by atoms with Gasteiger partial charge in [0.15, 0.2) is 6.10 Å². The zero-order chi connectivity index (χ0) is 28.0. The zero-order valence-corrected chi connectivity index (χ0v) is 24.7. The van der Waals surface area contributed by atoms with E-state index in [-0.39, 0.29) is 28.8 Å². The number of halogens is 7. The number of hydrogen-bond acceptors (Lipinski definition) is 3. The number of carboxylic acids is 1. The monoisotopic (exact) mass is 696 g/mol. The summed E-state index contributed by atoms with van der Waals surface area (Å²) in [6.45, 7) is 1.90. The standard InChI is InChI=1S/C27H23Br2Cl2F3O4/c1-2-21(26(35)36)38-23-10-6-17(24(30)25(23)31)5-9-22(16-3-7-18(8-4-16)27(32,33)34)37-14-15-11-19(28)13-20(29)12-15/h3-4,6-8,10-13,21-22H,2,5,9,14H2,1H3,(H,35,36). The summed E-state index contributed by atoms with van der Waals surface area (Å²) in [5.41, 5.74) is 1.38. The largest absolute Gasteiger partial charge is 0.479 e. The molecular formula is C27H23Br2Cl2F3O4. The fraction of sp³-hybridized carbons (Fsp3) is 0.296. The molecule has 0 saturated heterocycles. The van der Waals surface area contributed by atoms with Crippen molar-refractivity contribution < 1.29 is 32.5 Å². The molecule has 0 saturated carbocycles. The molecule has 0 fully saturated rings. The van der Waals surface area contributed by atoms with E-state index in [0.29, 0.717) is 24.0 Å². The van der Waals surface area contributed by atoms with Crippen molar-refractivity contribution in [2.24, 2.45) is 0 Å². The second-order valence-corrected chi connectivity index (χ2v) is 11.0. The maximum absolute atomic E-state index is 13.1. The van der Waals surface area contributed by atoms with Crippen molar-refractivity contribution in [2.75, 3.05) is 0 Å². The van der Waals surface area contributed by atoms with Gasteiger partial charge in [0.05, 0.1) is 23.3 Å². The summed E-state index contributed by atoms with van der Waals surface area (Å²) >= 11 is 19.7. The second kappa shape index (κ2) is 13.5. The Morgan fingerprint density at radius 3 is 2.18 bits per heavy atom. The van der Waals surface area contributed by atoms with Crippen LogP contribution in [0.2, 0.25) is 10.0 Å². The molecule has 0 aliphatic rings. The van der Waals surface area contributed by atoms with Crippen molar-refractivity contribution >= 4 is 61.0 Å². The molecule has 0 aliphatic carbocycles. The van der Waals surface area contributed by atoms with Crippen LogP contribution in [-0.2, 0) is 28.7 Å². The molecule has 11 heteroatoms. The van der Waals surface area contributed by atoms with Crippen LogP contribution in [0.25, 0.3) is 0 Å². The molecule has 2 atom stereocenters. The number of alkyl halides is 3. The highest BCUT2D eigenvalue weighted by Gasteiger charge is 2.30. The van der Waals surface area contributed by atoms with Gasteiger partial charge in [0.2, 0.25) is 0 Å². The molecule has 1 N–H and O–H groups in total. The Kier molecular flexibility index (Phi) is 10.9. The molecule has 3 aromatic rings. The number of aliphatic carboxylic acids is 1. The highest BCUT2D eigenvalue weighted by Crippen LogP contribution is 2.38. The van der Waals surface area contributed by atoms with Crippen LogP contribution in [0.4, 0.5) is 13.2 Å². The molecule has 0 aromatic heterocycles. The van der Waals surface area contributed by atoms with Crippen LogP contribution in [0.3, 0.4) is 0 Å². The third kappa shape index (κ3) is 8.36. The summed E-state index contributed by atoms with van der Waals surface area (Å²) in [4.78, 5) is 11.3. The van der Waals surface area contributed by atoms with Gasteiger partial charge in [0.25, 0.3) is 0 Å². The fourth-order valence-corrected chi connectivity index (χ4v) is 5.60. The fourth-order valence-electron chi connectivity index (χ4n) is 3.73. The van der Waals surface area contributed by atoms with E-state index in [1.165, 1.54) is 12.1 Å². The molecule has 3 rings (SSSR count). The van der Waals surface area contributed by atoms with Gasteiger partial charge in [0, 0.05) is 8.95 Å². The Morgan fingerprint density at radius 1 is 1.00 bits per heavy atom. The van der Waals surface area contributed by atoms with Crippen LogP contribution in [0.15, 0.2) is 63.5 Å². The van der Waals surface area contributed by atoms with Gasteiger partial charge in [-0.1, -0.05) is 80.2 Å². The molecule has 0 heterocycles. The number of ether oxygens (including phenoxy) is 2. The van der Waals surface area contributed by atoms with Crippen molar-refractivity contribution in [3.8, 4) is 5.75 Å². The van der Waals surface area contributed by atoms with E-state index >= 15 is 0 Å². The van der Waals surface area contributed by atoms with E-state index in [2.05, 4.69) is 31.9 Å². The second-order valence-electron chi connectivity index (χ2n) is 8.44. The topological polar surface area (TPSA) is 55.8 Å². The first-order valence-corrected chi connectivity index (χ1v) is 13.8. The van der Waals surface area contributed by atoms with Gasteiger partial charge >= 0.3 is 12.1 Å². The third-order valence-electron chi connectivity index (χ3n) is 5.70. The van der Waals surface area contributed by atoms with Gasteiger partial charge in [-0.05, 0) is 72.4 Å². The number of hydrogen-bond donors (Lipinski definition) is 1. The molecule has 204 valence electrons. The van der Waals surface area contributed by atoms with Gasteiger partial charge in [-0.2, -0.15) is 13.2 Å². The molecule has 0 bridgehead atoms. The van der Waals surface area contributed by atoms with Crippen LogP contribution in [-0.4, -0.2) is 17.2 Å². The molecular weight excluding hydrogens is 676 g/mol. The van der Waals surface area contributed by atoms with E-state index in [9.17, 15) is 23.1 Å². The number of rotatable bonds is 11. The van der Waals surface area contributed by atoms with E-state index in [1.807, 2.05) is 18.2 Å². The predicted molar refractivity (Wildman–Crippen MR) is 148 cm³/mol. The highest BCUT2D eigenvalue weighted by molar-refractivity contribution is 9.11. The normalized spacial score (nSPS) is 13.3. The molecule has 2 unspecified atom stereocenters. The number of benzene rings is 3. The van der Waals surface area contributed by atoms with Gasteiger partial charge < -0.3 is 14.6 Å². The summed E-state index contributed by atoms with van der Waals surface area (Å²) in [7, 11) is 0. The lowest BCUT2D eigenvalue weighted by atomic mass is 9.99. The maximum Gasteiger partial charge on any atom is 0.416 e. The van der Waals surface area contributed by atoms with Crippen molar-refractivity contribution in [3.63, 3.8) is 0 Å². The number of aryl methyl sites for hydroxylation is 1. The SMILES string of the molecule is CCC(Oc1ccc(CCC(OCc2cc(Br)cc(Br)c2)c2ccc(C(F)(F)F)cc2)c(Cl)c1Cl)C(=O)O. The molecule has 0 amide bonds. The van der Waals surface area contributed by atoms with Gasteiger partial charge in [-0.15, -0.1) is 0 Å². The third-order valence-corrected chi connectivity index (χ3v) is 7.52. The molecule has 0 radical (unpaired) electrons. The Hall–Kier alpha value is -1.78. The van der Waals surface area contributed by atoms with Crippen LogP contribution in [0.5, 0.6) is 5.75 Å². The molecule has 38 heavy (non-hydrogen) atoms.